The first-order valence-corrected chi connectivity index (χ1v) is 4.21. The molecule has 70 valence electrons. The third-order valence-corrected chi connectivity index (χ3v) is 1.97. The van der Waals surface area contributed by atoms with Crippen LogP contribution in [0.25, 0.3) is 11.3 Å². The fraction of sp³-hybridized carbons (Fsp3) is 0. The van der Waals surface area contributed by atoms with Crippen molar-refractivity contribution in [3.8, 4) is 11.3 Å². The molecule has 1 aromatic carbocycles. The monoisotopic (exact) mass is 186 g/mol. The van der Waals surface area contributed by atoms with Gasteiger partial charge in [0, 0.05) is 5.56 Å². The molecule has 4 nitrogen and oxygen atoms in total. The topological polar surface area (TPSA) is 77.8 Å². The number of benzene rings is 1. The van der Waals surface area contributed by atoms with E-state index < -0.39 is 0 Å². The lowest BCUT2D eigenvalue weighted by molar-refractivity contribution is 1.04. The first-order valence-electron chi connectivity index (χ1n) is 4.21. The highest BCUT2D eigenvalue weighted by molar-refractivity contribution is 5.80. The summed E-state index contributed by atoms with van der Waals surface area (Å²) in [6, 6.07) is 9.60. The number of hydrogen-bond acceptors (Lipinski definition) is 4. The minimum atomic E-state index is 0.457. The number of nitrogens with two attached hydrogens (primary N) is 2. The molecule has 4 heteroatoms. The lowest BCUT2D eigenvalue weighted by atomic mass is 10.1. The van der Waals surface area contributed by atoms with E-state index in [4.69, 9.17) is 11.5 Å². The molecule has 0 saturated carbocycles. The van der Waals surface area contributed by atoms with Gasteiger partial charge in [-0.25, -0.2) is 0 Å². The van der Waals surface area contributed by atoms with E-state index in [0.29, 0.717) is 17.1 Å². The highest BCUT2D eigenvalue weighted by Crippen LogP contribution is 2.25. The van der Waals surface area contributed by atoms with Gasteiger partial charge in [-0.3, -0.25) is 0 Å². The van der Waals surface area contributed by atoms with Crippen molar-refractivity contribution >= 4 is 11.4 Å². The highest BCUT2D eigenvalue weighted by atomic mass is 15.1. The zero-order valence-corrected chi connectivity index (χ0v) is 7.51. The van der Waals surface area contributed by atoms with Crippen molar-refractivity contribution in [3.63, 3.8) is 0 Å². The Balaban J connectivity index is 2.58. The van der Waals surface area contributed by atoms with Crippen LogP contribution in [0.2, 0.25) is 0 Å². The van der Waals surface area contributed by atoms with Gasteiger partial charge >= 0.3 is 0 Å². The van der Waals surface area contributed by atoms with Crippen molar-refractivity contribution in [1.29, 1.82) is 0 Å². The molecule has 0 unspecified atom stereocenters. The van der Waals surface area contributed by atoms with Crippen LogP contribution in [0.4, 0.5) is 11.4 Å². The van der Waals surface area contributed by atoms with Crippen molar-refractivity contribution in [2.75, 3.05) is 11.5 Å². The van der Waals surface area contributed by atoms with Gasteiger partial charge in [0.05, 0.1) is 17.6 Å². The van der Waals surface area contributed by atoms with Crippen LogP contribution in [-0.2, 0) is 0 Å². The average molecular weight is 186 g/mol. The quantitative estimate of drug-likeness (QED) is 0.703. The van der Waals surface area contributed by atoms with Gasteiger partial charge in [-0.05, 0) is 0 Å². The summed E-state index contributed by atoms with van der Waals surface area (Å²) in [7, 11) is 0. The van der Waals surface area contributed by atoms with Crippen LogP contribution < -0.4 is 11.5 Å². The molecule has 0 fully saturated rings. The molecule has 0 bridgehead atoms. The molecular formula is C10H10N4. The molecule has 0 aliphatic carbocycles. The Hall–Kier alpha value is -2.10. The Morgan fingerprint density at radius 2 is 1.71 bits per heavy atom. The van der Waals surface area contributed by atoms with Gasteiger partial charge in [-0.2, -0.15) is 5.10 Å². The maximum atomic E-state index is 5.79. The Kier molecular flexibility index (Phi) is 2.02. The van der Waals surface area contributed by atoms with E-state index in [1.54, 1.807) is 0 Å². The zero-order valence-electron chi connectivity index (χ0n) is 7.51. The summed E-state index contributed by atoms with van der Waals surface area (Å²) in [6.07, 6.45) is 1.45. The predicted molar refractivity (Wildman–Crippen MR) is 56.3 cm³/mol. The smallest absolute Gasteiger partial charge is 0.118 e. The Morgan fingerprint density at radius 3 is 2.43 bits per heavy atom. The molecule has 0 saturated heterocycles. The van der Waals surface area contributed by atoms with Gasteiger partial charge in [-0.15, -0.1) is 5.10 Å². The van der Waals surface area contributed by atoms with Crippen molar-refractivity contribution in [1.82, 2.24) is 10.2 Å². The third kappa shape index (κ3) is 1.37. The van der Waals surface area contributed by atoms with Gasteiger partial charge < -0.3 is 11.5 Å². The lowest BCUT2D eigenvalue weighted by Gasteiger charge is -2.04. The van der Waals surface area contributed by atoms with Crippen molar-refractivity contribution < 1.29 is 0 Å². The third-order valence-electron chi connectivity index (χ3n) is 1.97. The SMILES string of the molecule is Nc1cnnc(-c2ccccc2)c1N. The summed E-state index contributed by atoms with van der Waals surface area (Å²) in [5.74, 6) is 0. The van der Waals surface area contributed by atoms with Crippen LogP contribution in [0.15, 0.2) is 36.5 Å². The number of nitrogen functional groups attached to an aromatic ring is 2. The molecular weight excluding hydrogens is 176 g/mol. The van der Waals surface area contributed by atoms with Crippen LogP contribution in [0, 0.1) is 0 Å². The molecule has 0 aliphatic rings. The lowest BCUT2D eigenvalue weighted by Crippen LogP contribution is -2.00. The summed E-state index contributed by atoms with van der Waals surface area (Å²) >= 11 is 0. The molecule has 2 rings (SSSR count). The van der Waals surface area contributed by atoms with Crippen molar-refractivity contribution in [2.45, 2.75) is 0 Å². The fourth-order valence-corrected chi connectivity index (χ4v) is 1.22. The molecule has 0 amide bonds. The first-order chi connectivity index (χ1) is 6.79. The van der Waals surface area contributed by atoms with E-state index in [-0.39, 0.29) is 0 Å². The van der Waals surface area contributed by atoms with Crippen LogP contribution >= 0.6 is 0 Å². The number of hydrogen-bond donors (Lipinski definition) is 2. The summed E-state index contributed by atoms with van der Waals surface area (Å²) in [5.41, 5.74) is 13.9. The van der Waals surface area contributed by atoms with Gasteiger partial charge in [0.1, 0.15) is 5.69 Å². The number of rotatable bonds is 1. The summed E-state index contributed by atoms with van der Waals surface area (Å²) < 4.78 is 0. The van der Waals surface area contributed by atoms with Gasteiger partial charge in [-0.1, -0.05) is 30.3 Å². The molecule has 2 aromatic rings. The van der Waals surface area contributed by atoms with E-state index >= 15 is 0 Å². The van der Waals surface area contributed by atoms with Crippen LogP contribution in [0.1, 0.15) is 0 Å². The van der Waals surface area contributed by atoms with Gasteiger partial charge in [0.2, 0.25) is 0 Å². The molecule has 0 atom stereocenters. The van der Waals surface area contributed by atoms with Crippen LogP contribution in [0.3, 0.4) is 0 Å². The second kappa shape index (κ2) is 3.33. The maximum Gasteiger partial charge on any atom is 0.118 e. The Morgan fingerprint density at radius 1 is 1.00 bits per heavy atom. The molecule has 0 spiro atoms. The van der Waals surface area contributed by atoms with Crippen molar-refractivity contribution in [3.05, 3.63) is 36.5 Å². The van der Waals surface area contributed by atoms with E-state index in [2.05, 4.69) is 10.2 Å². The molecule has 4 N–H and O–H groups in total. The maximum absolute atomic E-state index is 5.79. The van der Waals surface area contributed by atoms with E-state index in [1.165, 1.54) is 6.20 Å². The first kappa shape index (κ1) is 8.50. The molecule has 0 radical (unpaired) electrons. The van der Waals surface area contributed by atoms with Crippen LogP contribution in [-0.4, -0.2) is 10.2 Å². The van der Waals surface area contributed by atoms with Gasteiger partial charge in [0.25, 0.3) is 0 Å². The predicted octanol–water partition coefficient (Wildman–Crippen LogP) is 1.31. The number of anilines is 2. The number of aromatic nitrogens is 2. The highest BCUT2D eigenvalue weighted by Gasteiger charge is 2.06. The normalized spacial score (nSPS) is 10.0. The molecule has 14 heavy (non-hydrogen) atoms. The molecule has 1 aromatic heterocycles. The minimum Gasteiger partial charge on any atom is -0.396 e. The summed E-state index contributed by atoms with van der Waals surface area (Å²) in [5, 5.41) is 7.72. The van der Waals surface area contributed by atoms with Gasteiger partial charge in [0.15, 0.2) is 0 Å². The fourth-order valence-electron chi connectivity index (χ4n) is 1.22. The Labute approximate surface area is 81.6 Å². The summed E-state index contributed by atoms with van der Waals surface area (Å²) in [4.78, 5) is 0. The van der Waals surface area contributed by atoms with E-state index in [1.807, 2.05) is 30.3 Å². The number of nitrogens with zero attached hydrogens (tertiary/aromatic N) is 2. The Bertz CT molecular complexity index is 439. The van der Waals surface area contributed by atoms with E-state index in [0.717, 1.165) is 5.56 Å². The average Bonchev–Trinajstić information content (AvgIpc) is 2.23. The van der Waals surface area contributed by atoms with Crippen molar-refractivity contribution in [2.24, 2.45) is 0 Å². The second-order valence-corrected chi connectivity index (χ2v) is 2.93. The summed E-state index contributed by atoms with van der Waals surface area (Å²) in [6.45, 7) is 0. The largest absolute Gasteiger partial charge is 0.396 e. The second-order valence-electron chi connectivity index (χ2n) is 2.93. The zero-order chi connectivity index (χ0) is 9.97. The van der Waals surface area contributed by atoms with E-state index in [9.17, 15) is 0 Å². The standard InChI is InChI=1S/C10H10N4/c11-8-6-13-14-10(9(8)12)7-4-2-1-3-5-7/h1-6H,(H2,11,14)(H2,12,13). The molecule has 1 heterocycles. The van der Waals surface area contributed by atoms with Crippen LogP contribution in [0.5, 0.6) is 0 Å². The minimum absolute atomic E-state index is 0.457. The molecule has 0 aliphatic heterocycles.